The van der Waals surface area contributed by atoms with Crippen LogP contribution in [0.3, 0.4) is 0 Å². The number of esters is 1. The van der Waals surface area contributed by atoms with Crippen molar-refractivity contribution in [3.8, 4) is 0 Å². The fourth-order valence-electron chi connectivity index (χ4n) is 2.85. The molecule has 160 valence electrons. The number of carbonyl (C=O) groups is 1. The van der Waals surface area contributed by atoms with E-state index in [-0.39, 0.29) is 5.97 Å². The summed E-state index contributed by atoms with van der Waals surface area (Å²) >= 11 is 0. The zero-order chi connectivity index (χ0) is 20.4. The predicted octanol–water partition coefficient (Wildman–Crippen LogP) is 5.67. The Hall–Kier alpha value is -0.693. The summed E-state index contributed by atoms with van der Waals surface area (Å²) in [5.74, 6) is -0.334. The average Bonchev–Trinajstić information content (AvgIpc) is 2.67. The van der Waals surface area contributed by atoms with E-state index < -0.39 is 8.80 Å². The Morgan fingerprint density at radius 3 is 1.85 bits per heavy atom. The highest BCUT2D eigenvalue weighted by molar-refractivity contribution is 6.60. The maximum atomic E-state index is 11.3. The molecule has 0 bridgehead atoms. The normalized spacial score (nSPS) is 11.6. The van der Waals surface area contributed by atoms with Gasteiger partial charge in [0.15, 0.2) is 0 Å². The third kappa shape index (κ3) is 14.0. The maximum absolute atomic E-state index is 11.3. The SMILES string of the molecule is C=C(C)C(=O)OCCCCO[Si](CCCCCCCCCCC)(OC)OC. The molecule has 5 nitrogen and oxygen atoms in total. The number of ether oxygens (including phenoxy) is 1. The van der Waals surface area contributed by atoms with Crippen molar-refractivity contribution in [2.45, 2.75) is 90.5 Å². The average molecular weight is 403 g/mol. The predicted molar refractivity (Wildman–Crippen MR) is 113 cm³/mol. The number of carbonyl (C=O) groups excluding carboxylic acids is 1. The standard InChI is InChI=1S/C21H42O5Si/c1-6-7-8-9-10-11-12-13-16-19-27(23-4,24-5)26-18-15-14-17-25-21(22)20(2)3/h2,6-19H2,1,3-5H3. The van der Waals surface area contributed by atoms with Crippen molar-refractivity contribution in [2.24, 2.45) is 0 Å². The number of hydrogen-bond acceptors (Lipinski definition) is 5. The third-order valence-electron chi connectivity index (χ3n) is 4.65. The second-order valence-electron chi connectivity index (χ2n) is 7.14. The highest BCUT2D eigenvalue weighted by atomic mass is 28.4. The van der Waals surface area contributed by atoms with Gasteiger partial charge in [-0.1, -0.05) is 64.9 Å². The monoisotopic (exact) mass is 402 g/mol. The highest BCUT2D eigenvalue weighted by Gasteiger charge is 2.38. The van der Waals surface area contributed by atoms with Gasteiger partial charge in [0.1, 0.15) is 0 Å². The maximum Gasteiger partial charge on any atom is 0.500 e. The van der Waals surface area contributed by atoms with Gasteiger partial charge in [0.2, 0.25) is 0 Å². The lowest BCUT2D eigenvalue weighted by atomic mass is 10.1. The molecule has 0 aliphatic heterocycles. The van der Waals surface area contributed by atoms with Crippen LogP contribution in [0.4, 0.5) is 0 Å². The first-order valence-electron chi connectivity index (χ1n) is 10.6. The highest BCUT2D eigenvalue weighted by Crippen LogP contribution is 2.20. The molecule has 0 atom stereocenters. The van der Waals surface area contributed by atoms with E-state index in [0.29, 0.717) is 18.8 Å². The molecule has 0 unspecified atom stereocenters. The van der Waals surface area contributed by atoms with Crippen LogP contribution in [0.15, 0.2) is 12.2 Å². The third-order valence-corrected chi connectivity index (χ3v) is 7.50. The molecule has 0 amide bonds. The van der Waals surface area contributed by atoms with Crippen molar-refractivity contribution in [2.75, 3.05) is 27.4 Å². The van der Waals surface area contributed by atoms with Crippen LogP contribution in [0, 0.1) is 0 Å². The van der Waals surface area contributed by atoms with Crippen molar-refractivity contribution in [3.63, 3.8) is 0 Å². The van der Waals surface area contributed by atoms with Gasteiger partial charge < -0.3 is 18.0 Å². The van der Waals surface area contributed by atoms with E-state index in [9.17, 15) is 4.79 Å². The molecule has 0 aliphatic rings. The van der Waals surface area contributed by atoms with E-state index in [1.807, 2.05) is 0 Å². The summed E-state index contributed by atoms with van der Waals surface area (Å²) in [6, 6.07) is 0.862. The van der Waals surface area contributed by atoms with Crippen LogP contribution in [0.25, 0.3) is 0 Å². The van der Waals surface area contributed by atoms with Gasteiger partial charge in [-0.25, -0.2) is 4.79 Å². The van der Waals surface area contributed by atoms with Crippen molar-refractivity contribution in [1.29, 1.82) is 0 Å². The molecule has 0 spiro atoms. The molecule has 0 fully saturated rings. The van der Waals surface area contributed by atoms with Gasteiger partial charge in [0.05, 0.1) is 6.61 Å². The molecule has 0 aliphatic carbocycles. The second kappa shape index (κ2) is 17.4. The van der Waals surface area contributed by atoms with Crippen LogP contribution in [0.1, 0.15) is 84.5 Å². The van der Waals surface area contributed by atoms with Crippen molar-refractivity contribution < 1.29 is 22.8 Å². The van der Waals surface area contributed by atoms with Gasteiger partial charge in [-0.05, 0) is 26.2 Å². The second-order valence-corrected chi connectivity index (χ2v) is 10.1. The fourth-order valence-corrected chi connectivity index (χ4v) is 4.94. The van der Waals surface area contributed by atoms with Crippen LogP contribution in [0.5, 0.6) is 0 Å². The Kier molecular flexibility index (Phi) is 17.0. The summed E-state index contributed by atoms with van der Waals surface area (Å²) in [4.78, 5) is 11.3. The summed E-state index contributed by atoms with van der Waals surface area (Å²) in [5, 5.41) is 0. The van der Waals surface area contributed by atoms with Gasteiger partial charge in [-0.2, -0.15) is 0 Å². The topological polar surface area (TPSA) is 54.0 Å². The van der Waals surface area contributed by atoms with Crippen LogP contribution in [-0.4, -0.2) is 42.2 Å². The molecule has 6 heteroatoms. The number of unbranched alkanes of at least 4 members (excludes halogenated alkanes) is 9. The lowest BCUT2D eigenvalue weighted by molar-refractivity contribution is -0.139. The Bertz CT molecular complexity index is 383. The lowest BCUT2D eigenvalue weighted by Crippen LogP contribution is -2.44. The summed E-state index contributed by atoms with van der Waals surface area (Å²) in [6.07, 6.45) is 13.2. The first kappa shape index (κ1) is 26.3. The molecule has 0 heterocycles. The summed E-state index contributed by atoms with van der Waals surface area (Å²) in [7, 11) is 0.806. The Balaban J connectivity index is 3.81. The minimum atomic E-state index is -2.55. The van der Waals surface area contributed by atoms with Crippen LogP contribution < -0.4 is 0 Å². The minimum Gasteiger partial charge on any atom is -0.462 e. The van der Waals surface area contributed by atoms with Crippen LogP contribution >= 0.6 is 0 Å². The summed E-state index contributed by atoms with van der Waals surface area (Å²) in [6.45, 7) is 8.42. The van der Waals surface area contributed by atoms with Crippen molar-refractivity contribution >= 4 is 14.8 Å². The minimum absolute atomic E-state index is 0.334. The first-order chi connectivity index (χ1) is 13.0. The quantitative estimate of drug-likeness (QED) is 0.121. The van der Waals surface area contributed by atoms with Gasteiger partial charge >= 0.3 is 14.8 Å². The smallest absolute Gasteiger partial charge is 0.462 e. The summed E-state index contributed by atoms with van der Waals surface area (Å²) in [5.41, 5.74) is 0.428. The van der Waals surface area contributed by atoms with Gasteiger partial charge in [-0.3, -0.25) is 0 Å². The molecule has 0 saturated carbocycles. The molecule has 0 rings (SSSR count). The number of rotatable bonds is 19. The van der Waals surface area contributed by atoms with Crippen LogP contribution in [-0.2, 0) is 22.8 Å². The molecule has 0 saturated heterocycles. The van der Waals surface area contributed by atoms with Crippen LogP contribution in [0.2, 0.25) is 6.04 Å². The lowest BCUT2D eigenvalue weighted by Gasteiger charge is -2.26. The van der Waals surface area contributed by atoms with Crippen molar-refractivity contribution in [1.82, 2.24) is 0 Å². The molecule has 27 heavy (non-hydrogen) atoms. The molecule has 0 aromatic rings. The molecule has 0 aromatic carbocycles. The van der Waals surface area contributed by atoms with E-state index in [1.165, 1.54) is 51.4 Å². The zero-order valence-electron chi connectivity index (χ0n) is 18.1. The Labute approximate surface area is 168 Å². The van der Waals surface area contributed by atoms with E-state index in [2.05, 4.69) is 13.5 Å². The first-order valence-corrected chi connectivity index (χ1v) is 12.5. The molecule has 0 radical (unpaired) electrons. The molecular weight excluding hydrogens is 360 g/mol. The van der Waals surface area contributed by atoms with Gasteiger partial charge in [-0.15, -0.1) is 0 Å². The van der Waals surface area contributed by atoms with E-state index in [1.54, 1.807) is 21.1 Å². The van der Waals surface area contributed by atoms with Gasteiger partial charge in [0, 0.05) is 32.4 Å². The van der Waals surface area contributed by atoms with Crippen molar-refractivity contribution in [3.05, 3.63) is 12.2 Å². The molecule has 0 N–H and O–H groups in total. The Morgan fingerprint density at radius 2 is 1.33 bits per heavy atom. The molecular formula is C21H42O5Si. The van der Waals surface area contributed by atoms with E-state index in [4.69, 9.17) is 18.0 Å². The number of hydrogen-bond donors (Lipinski definition) is 0. The van der Waals surface area contributed by atoms with E-state index in [0.717, 1.165) is 25.3 Å². The fraction of sp³-hybridized carbons (Fsp3) is 0.857. The molecule has 0 aromatic heterocycles. The Morgan fingerprint density at radius 1 is 0.815 bits per heavy atom. The van der Waals surface area contributed by atoms with Gasteiger partial charge in [0.25, 0.3) is 0 Å². The summed E-state index contributed by atoms with van der Waals surface area (Å²) < 4.78 is 22.3. The largest absolute Gasteiger partial charge is 0.500 e. The van der Waals surface area contributed by atoms with E-state index >= 15 is 0 Å². The zero-order valence-corrected chi connectivity index (χ0v) is 19.1.